The van der Waals surface area contributed by atoms with Gasteiger partial charge in [0.2, 0.25) is 0 Å². The van der Waals surface area contributed by atoms with Gasteiger partial charge >= 0.3 is 11.9 Å². The van der Waals surface area contributed by atoms with Gasteiger partial charge in [-0.2, -0.15) is 0 Å². The lowest BCUT2D eigenvalue weighted by Gasteiger charge is -2.59. The number of ether oxygens (including phenoxy) is 2. The summed E-state index contributed by atoms with van der Waals surface area (Å²) in [4.78, 5) is 23.8. The van der Waals surface area contributed by atoms with Crippen LogP contribution in [0.25, 0.3) is 0 Å². The Hall–Kier alpha value is -1.62. The molecule has 0 aromatic carbocycles. The number of carbonyl (C=O) groups excluding carboxylic acids is 2. The van der Waals surface area contributed by atoms with E-state index in [1.807, 2.05) is 0 Å². The molecule has 5 heteroatoms. The molecule has 0 aromatic rings. The van der Waals surface area contributed by atoms with Gasteiger partial charge in [-0.05, 0) is 107 Å². The van der Waals surface area contributed by atoms with Crippen LogP contribution < -0.4 is 0 Å². The van der Waals surface area contributed by atoms with Crippen LogP contribution in [0.4, 0.5) is 0 Å². The molecule has 3 saturated carbocycles. The SMILES string of the molecule is CC(=O)O[C@H]1CC[C@]2(C)C3=CC[C@@]4(C)[C@@H](CC[C@@H]4[C@](C)(O)CCC=C(C)C)[C@@H]3C[C@H](OC(C)=O)[C@H]2C1. The molecule has 3 fully saturated rings. The topological polar surface area (TPSA) is 72.8 Å². The van der Waals surface area contributed by atoms with Gasteiger partial charge in [-0.15, -0.1) is 0 Å². The quantitative estimate of drug-likeness (QED) is 0.331. The maximum Gasteiger partial charge on any atom is 0.302 e. The van der Waals surface area contributed by atoms with E-state index in [9.17, 15) is 14.7 Å². The predicted octanol–water partition coefficient (Wildman–Crippen LogP) is 6.54. The molecule has 0 bridgehead atoms. The monoisotopic (exact) mass is 500 g/mol. The minimum atomic E-state index is -0.695. The molecular weight excluding hydrogens is 452 g/mol. The van der Waals surface area contributed by atoms with E-state index < -0.39 is 5.60 Å². The van der Waals surface area contributed by atoms with Crippen LogP contribution in [0.15, 0.2) is 23.3 Å². The molecule has 36 heavy (non-hydrogen) atoms. The minimum absolute atomic E-state index is 0.0432. The molecular formula is C31H48O5. The smallest absolute Gasteiger partial charge is 0.302 e. The van der Waals surface area contributed by atoms with Crippen LogP contribution in [-0.2, 0) is 19.1 Å². The van der Waals surface area contributed by atoms with Gasteiger partial charge in [-0.1, -0.05) is 37.1 Å². The largest absolute Gasteiger partial charge is 0.463 e. The van der Waals surface area contributed by atoms with E-state index in [0.717, 1.165) is 57.8 Å². The van der Waals surface area contributed by atoms with E-state index in [1.165, 1.54) is 19.4 Å². The van der Waals surface area contributed by atoms with Crippen molar-refractivity contribution in [1.29, 1.82) is 0 Å². The lowest BCUT2D eigenvalue weighted by molar-refractivity contribution is -0.168. The van der Waals surface area contributed by atoms with Crippen molar-refractivity contribution in [3.05, 3.63) is 23.3 Å². The molecule has 0 aromatic heterocycles. The van der Waals surface area contributed by atoms with E-state index in [0.29, 0.717) is 11.8 Å². The summed E-state index contributed by atoms with van der Waals surface area (Å²) >= 11 is 0. The second-order valence-corrected chi connectivity index (χ2v) is 13.3. The molecule has 0 heterocycles. The maximum absolute atomic E-state index is 12.2. The van der Waals surface area contributed by atoms with Crippen molar-refractivity contribution in [2.45, 2.75) is 124 Å². The average Bonchev–Trinajstić information content (AvgIpc) is 3.12. The number of hydrogen-bond donors (Lipinski definition) is 1. The highest BCUT2D eigenvalue weighted by Crippen LogP contribution is 2.67. The first-order chi connectivity index (χ1) is 16.8. The fourth-order valence-corrected chi connectivity index (χ4v) is 9.04. The van der Waals surface area contributed by atoms with E-state index in [2.05, 4.69) is 46.8 Å². The number of esters is 2. The molecule has 0 spiro atoms. The standard InChI is InChI=1S/C31H48O5/c1-19(2)9-8-14-31(7,34)28-11-10-24-23-18-27(36-21(4)33)26-17-22(35-20(3)32)12-15-29(26,5)25(23)13-16-30(24,28)6/h9,13,22-24,26-28,34H,8,10-12,14-18H2,1-7H3/t22-,23-,24-,26+,27-,28-,29+,30-,31+/m0/s1. The Bertz CT molecular complexity index is 927. The van der Waals surface area contributed by atoms with Crippen molar-refractivity contribution in [1.82, 2.24) is 0 Å². The van der Waals surface area contributed by atoms with E-state index in [4.69, 9.17) is 9.47 Å². The average molecular weight is 501 g/mol. The maximum atomic E-state index is 12.2. The van der Waals surface area contributed by atoms with Crippen molar-refractivity contribution in [2.75, 3.05) is 0 Å². The summed E-state index contributed by atoms with van der Waals surface area (Å²) in [5.74, 6) is 0.821. The van der Waals surface area contributed by atoms with Crippen LogP contribution in [0.5, 0.6) is 0 Å². The lowest BCUT2D eigenvalue weighted by atomic mass is 9.47. The molecule has 5 nitrogen and oxygen atoms in total. The van der Waals surface area contributed by atoms with Crippen LogP contribution >= 0.6 is 0 Å². The highest BCUT2D eigenvalue weighted by atomic mass is 16.5. The van der Waals surface area contributed by atoms with Crippen LogP contribution in [0.2, 0.25) is 0 Å². The zero-order valence-corrected chi connectivity index (χ0v) is 23.6. The first kappa shape index (κ1) is 27.4. The van der Waals surface area contributed by atoms with Crippen molar-refractivity contribution in [2.24, 2.45) is 34.5 Å². The summed E-state index contributed by atoms with van der Waals surface area (Å²) in [6.07, 6.45) is 12.7. The molecule has 0 amide bonds. The van der Waals surface area contributed by atoms with Crippen LogP contribution in [0.1, 0.15) is 106 Å². The van der Waals surface area contributed by atoms with Crippen LogP contribution in [0, 0.1) is 34.5 Å². The molecule has 4 aliphatic rings. The van der Waals surface area contributed by atoms with Crippen molar-refractivity contribution >= 4 is 11.9 Å². The normalized spacial score (nSPS) is 41.1. The third kappa shape index (κ3) is 4.93. The van der Waals surface area contributed by atoms with Gasteiger partial charge in [-0.3, -0.25) is 9.59 Å². The number of aliphatic hydroxyl groups is 1. The zero-order chi connectivity index (χ0) is 26.5. The Morgan fingerprint density at radius 3 is 2.39 bits per heavy atom. The third-order valence-corrected chi connectivity index (χ3v) is 10.6. The first-order valence-electron chi connectivity index (χ1n) is 14.2. The second kappa shape index (κ2) is 9.93. The third-order valence-electron chi connectivity index (χ3n) is 10.6. The predicted molar refractivity (Wildman–Crippen MR) is 141 cm³/mol. The molecule has 0 unspecified atom stereocenters. The Morgan fingerprint density at radius 1 is 1.06 bits per heavy atom. The zero-order valence-electron chi connectivity index (χ0n) is 23.6. The molecule has 0 aliphatic heterocycles. The van der Waals surface area contributed by atoms with E-state index in [1.54, 1.807) is 5.57 Å². The fourth-order valence-electron chi connectivity index (χ4n) is 9.04. The second-order valence-electron chi connectivity index (χ2n) is 13.3. The Kier molecular flexibility index (Phi) is 7.56. The van der Waals surface area contributed by atoms with Crippen molar-refractivity contribution < 1.29 is 24.2 Å². The Labute approximate surface area is 218 Å². The summed E-state index contributed by atoms with van der Waals surface area (Å²) in [6.45, 7) is 14.0. The summed E-state index contributed by atoms with van der Waals surface area (Å²) in [7, 11) is 0. The first-order valence-corrected chi connectivity index (χ1v) is 14.2. The molecule has 1 N–H and O–H groups in total. The Balaban J connectivity index is 1.63. The summed E-state index contributed by atoms with van der Waals surface area (Å²) in [5.41, 5.74) is 2.15. The van der Waals surface area contributed by atoms with Gasteiger partial charge in [0.25, 0.3) is 0 Å². The number of rotatable bonds is 6. The highest BCUT2D eigenvalue weighted by molar-refractivity contribution is 5.66. The van der Waals surface area contributed by atoms with Gasteiger partial charge in [0.15, 0.2) is 0 Å². The van der Waals surface area contributed by atoms with Crippen molar-refractivity contribution in [3.8, 4) is 0 Å². The minimum Gasteiger partial charge on any atom is -0.463 e. The lowest BCUT2D eigenvalue weighted by Crippen LogP contribution is -2.55. The molecule has 4 aliphatic carbocycles. The fraction of sp³-hybridized carbons (Fsp3) is 0.806. The number of carbonyl (C=O) groups is 2. The van der Waals surface area contributed by atoms with E-state index >= 15 is 0 Å². The molecule has 0 saturated heterocycles. The van der Waals surface area contributed by atoms with E-state index in [-0.39, 0.29) is 46.8 Å². The highest BCUT2D eigenvalue weighted by Gasteiger charge is 2.62. The summed E-state index contributed by atoms with van der Waals surface area (Å²) in [5, 5.41) is 11.7. The van der Waals surface area contributed by atoms with Gasteiger partial charge < -0.3 is 14.6 Å². The number of allylic oxidation sites excluding steroid dienone is 4. The Morgan fingerprint density at radius 2 is 1.75 bits per heavy atom. The number of fused-ring (bicyclic) bond motifs is 5. The van der Waals surface area contributed by atoms with Gasteiger partial charge in [0.1, 0.15) is 12.2 Å². The van der Waals surface area contributed by atoms with Gasteiger partial charge in [-0.25, -0.2) is 0 Å². The molecule has 202 valence electrons. The van der Waals surface area contributed by atoms with Crippen LogP contribution in [0.3, 0.4) is 0 Å². The molecule has 4 rings (SSSR count). The van der Waals surface area contributed by atoms with Gasteiger partial charge in [0.05, 0.1) is 5.60 Å². The van der Waals surface area contributed by atoms with Crippen molar-refractivity contribution in [3.63, 3.8) is 0 Å². The summed E-state index contributed by atoms with van der Waals surface area (Å²) < 4.78 is 11.6. The molecule has 0 radical (unpaired) electrons. The molecule has 9 atom stereocenters. The van der Waals surface area contributed by atoms with Crippen LogP contribution in [-0.4, -0.2) is 34.9 Å². The summed E-state index contributed by atoms with van der Waals surface area (Å²) in [6, 6.07) is 0. The van der Waals surface area contributed by atoms with Gasteiger partial charge in [0, 0.05) is 19.8 Å². The number of hydrogen-bond acceptors (Lipinski definition) is 5.